The van der Waals surface area contributed by atoms with Crippen LogP contribution in [0.25, 0.3) is 22.6 Å². The summed E-state index contributed by atoms with van der Waals surface area (Å²) in [6.45, 7) is 6.59. The van der Waals surface area contributed by atoms with Crippen LogP contribution in [0.5, 0.6) is 0 Å². The largest absolute Gasteiger partial charge is 0.378 e. The van der Waals surface area contributed by atoms with Gasteiger partial charge in [-0.2, -0.15) is 0 Å². The van der Waals surface area contributed by atoms with Crippen molar-refractivity contribution in [3.8, 4) is 11.4 Å². The number of aromatic nitrogens is 6. The summed E-state index contributed by atoms with van der Waals surface area (Å²) in [6.07, 6.45) is 5.95. The zero-order valence-electron chi connectivity index (χ0n) is 21.1. The Balaban J connectivity index is 1.49. The van der Waals surface area contributed by atoms with Gasteiger partial charge in [-0.3, -0.25) is 4.57 Å². The molecule has 13 nitrogen and oxygen atoms in total. The highest BCUT2D eigenvalue weighted by molar-refractivity contribution is 7.88. The minimum Gasteiger partial charge on any atom is -0.378 e. The van der Waals surface area contributed by atoms with Crippen molar-refractivity contribution < 1.29 is 13.2 Å². The second kappa shape index (κ2) is 9.33. The fourth-order valence-electron chi connectivity index (χ4n) is 5.10. The lowest BCUT2D eigenvalue weighted by Crippen LogP contribution is -2.37. The molecule has 2 saturated heterocycles. The Bertz CT molecular complexity index is 1430. The Kier molecular flexibility index (Phi) is 6.12. The summed E-state index contributed by atoms with van der Waals surface area (Å²) in [7, 11) is -3.29. The molecule has 1 atom stereocenters. The number of hydrogen-bond donors (Lipinski definition) is 2. The van der Waals surface area contributed by atoms with Crippen LogP contribution in [0.4, 0.5) is 17.7 Å². The number of sulfonamides is 1. The molecule has 0 bridgehead atoms. The third-order valence-electron chi connectivity index (χ3n) is 7.10. The maximum atomic E-state index is 11.8. The number of nitrogens with one attached hydrogen (secondary N) is 1. The molecular formula is C23H32N10O3S. The molecule has 3 fully saturated rings. The standard InChI is InChI=1S/C23H32N10O3S/c1-14-17(11-25-22(24)26-14)19-28-20(31-7-9-36-10-8-31)18-21(29-19)33(12-15-3-4-15)23(27-18)32-6-5-16(13-32)30-37(2,34)35/h11,15-16,30H,3-10,12-13H2,1-2H3,(H2,24,25,26). The fourth-order valence-corrected chi connectivity index (χ4v) is 5.90. The second-order valence-corrected chi connectivity index (χ2v) is 11.9. The molecule has 0 spiro atoms. The van der Waals surface area contributed by atoms with Crippen LogP contribution in [0.15, 0.2) is 6.20 Å². The number of morpholine rings is 1. The average molecular weight is 529 g/mol. The first-order chi connectivity index (χ1) is 17.7. The van der Waals surface area contributed by atoms with E-state index in [-0.39, 0.29) is 12.0 Å². The first kappa shape index (κ1) is 24.2. The predicted octanol–water partition coefficient (Wildman–Crippen LogP) is 0.548. The van der Waals surface area contributed by atoms with Crippen molar-refractivity contribution in [3.05, 3.63) is 11.9 Å². The van der Waals surface area contributed by atoms with Crippen LogP contribution in [-0.4, -0.2) is 89.6 Å². The van der Waals surface area contributed by atoms with E-state index in [1.165, 1.54) is 19.1 Å². The van der Waals surface area contributed by atoms with Crippen LogP contribution < -0.4 is 20.3 Å². The predicted molar refractivity (Wildman–Crippen MR) is 140 cm³/mol. The van der Waals surface area contributed by atoms with Crippen LogP contribution >= 0.6 is 0 Å². The summed E-state index contributed by atoms with van der Waals surface area (Å²) >= 11 is 0. The third kappa shape index (κ3) is 5.05. The Morgan fingerprint density at radius 3 is 2.57 bits per heavy atom. The van der Waals surface area contributed by atoms with Crippen LogP contribution in [-0.2, 0) is 21.3 Å². The van der Waals surface area contributed by atoms with E-state index < -0.39 is 10.0 Å². The molecule has 0 amide bonds. The molecule has 6 rings (SSSR count). The van der Waals surface area contributed by atoms with E-state index in [1.807, 2.05) is 6.92 Å². The molecule has 14 heteroatoms. The number of imidazole rings is 1. The van der Waals surface area contributed by atoms with Crippen molar-refractivity contribution in [3.63, 3.8) is 0 Å². The zero-order chi connectivity index (χ0) is 25.7. The molecule has 198 valence electrons. The summed E-state index contributed by atoms with van der Waals surface area (Å²) in [5, 5.41) is 0. The Morgan fingerprint density at radius 1 is 1.08 bits per heavy atom. The fraction of sp³-hybridized carbons (Fsp3) is 0.609. The first-order valence-electron chi connectivity index (χ1n) is 12.7. The number of fused-ring (bicyclic) bond motifs is 1. The monoisotopic (exact) mass is 528 g/mol. The molecule has 3 aromatic heterocycles. The number of nitrogens with two attached hydrogens (primary N) is 1. The van der Waals surface area contributed by atoms with Crippen molar-refractivity contribution in [2.45, 2.75) is 38.8 Å². The van der Waals surface area contributed by atoms with Gasteiger partial charge in [-0.1, -0.05) is 0 Å². The zero-order valence-corrected chi connectivity index (χ0v) is 21.9. The van der Waals surface area contributed by atoms with E-state index in [0.717, 1.165) is 41.5 Å². The van der Waals surface area contributed by atoms with E-state index >= 15 is 0 Å². The molecule has 5 heterocycles. The molecular weight excluding hydrogens is 496 g/mol. The number of anilines is 3. The highest BCUT2D eigenvalue weighted by Crippen LogP contribution is 2.37. The number of nitrogens with zero attached hydrogens (tertiary/aromatic N) is 8. The number of aryl methyl sites for hydroxylation is 1. The smallest absolute Gasteiger partial charge is 0.220 e. The lowest BCUT2D eigenvalue weighted by atomic mass is 10.2. The molecule has 1 aliphatic carbocycles. The van der Waals surface area contributed by atoms with Crippen molar-refractivity contribution in [1.82, 2.24) is 34.2 Å². The van der Waals surface area contributed by atoms with Gasteiger partial charge in [0.2, 0.25) is 21.9 Å². The molecule has 3 aromatic rings. The number of hydrogen-bond acceptors (Lipinski definition) is 11. The summed E-state index contributed by atoms with van der Waals surface area (Å²) in [6, 6.07) is -0.154. The van der Waals surface area contributed by atoms with Gasteiger partial charge in [0.25, 0.3) is 0 Å². The van der Waals surface area contributed by atoms with E-state index in [0.29, 0.717) is 56.8 Å². The molecule has 0 radical (unpaired) electrons. The van der Waals surface area contributed by atoms with Gasteiger partial charge in [-0.25, -0.2) is 38.1 Å². The van der Waals surface area contributed by atoms with Crippen LogP contribution in [0.2, 0.25) is 0 Å². The summed E-state index contributed by atoms with van der Waals surface area (Å²) in [5.74, 6) is 2.90. The van der Waals surface area contributed by atoms with E-state index in [2.05, 4.69) is 29.1 Å². The highest BCUT2D eigenvalue weighted by atomic mass is 32.2. The molecule has 3 aliphatic rings. The second-order valence-electron chi connectivity index (χ2n) is 10.2. The van der Waals surface area contributed by atoms with Gasteiger partial charge in [-0.05, 0) is 32.1 Å². The first-order valence-corrected chi connectivity index (χ1v) is 14.6. The van der Waals surface area contributed by atoms with Gasteiger partial charge in [0.1, 0.15) is 0 Å². The maximum Gasteiger partial charge on any atom is 0.220 e. The SMILES string of the molecule is Cc1nc(N)ncc1-c1nc(N2CCOCC2)c2nc(N3CCC(NS(C)(=O)=O)C3)n(CC3CC3)c2n1. The summed E-state index contributed by atoms with van der Waals surface area (Å²) in [4.78, 5) is 28.0. The van der Waals surface area contributed by atoms with Gasteiger partial charge < -0.3 is 20.3 Å². The summed E-state index contributed by atoms with van der Waals surface area (Å²) in [5.41, 5.74) is 8.75. The van der Waals surface area contributed by atoms with E-state index in [4.69, 9.17) is 25.4 Å². The van der Waals surface area contributed by atoms with Crippen LogP contribution in [0.3, 0.4) is 0 Å². The molecule has 2 aliphatic heterocycles. The molecule has 1 saturated carbocycles. The van der Waals surface area contributed by atoms with Crippen LogP contribution in [0.1, 0.15) is 25.0 Å². The van der Waals surface area contributed by atoms with Crippen molar-refractivity contribution >= 4 is 38.9 Å². The average Bonchev–Trinajstić information content (AvgIpc) is 3.44. The Labute approximate surface area is 215 Å². The molecule has 37 heavy (non-hydrogen) atoms. The van der Waals surface area contributed by atoms with Crippen molar-refractivity contribution in [2.75, 3.05) is 61.2 Å². The minimum atomic E-state index is -3.29. The number of nitrogen functional groups attached to an aromatic ring is 1. The van der Waals surface area contributed by atoms with Gasteiger partial charge in [0, 0.05) is 45.0 Å². The number of ether oxygens (including phenoxy) is 1. The normalized spacial score (nSPS) is 20.8. The topological polar surface area (TPSA) is 157 Å². The van der Waals surface area contributed by atoms with Gasteiger partial charge in [-0.15, -0.1) is 0 Å². The van der Waals surface area contributed by atoms with E-state index in [1.54, 1.807) is 6.20 Å². The lowest BCUT2D eigenvalue weighted by Gasteiger charge is -2.28. The van der Waals surface area contributed by atoms with Crippen molar-refractivity contribution in [2.24, 2.45) is 5.92 Å². The van der Waals surface area contributed by atoms with Gasteiger partial charge in [0.15, 0.2) is 22.8 Å². The molecule has 0 aromatic carbocycles. The van der Waals surface area contributed by atoms with Gasteiger partial charge in [0.05, 0.1) is 30.7 Å². The molecule has 3 N–H and O–H groups in total. The van der Waals surface area contributed by atoms with Crippen molar-refractivity contribution in [1.29, 1.82) is 0 Å². The van der Waals surface area contributed by atoms with Crippen LogP contribution in [0, 0.1) is 12.8 Å². The van der Waals surface area contributed by atoms with E-state index in [9.17, 15) is 8.42 Å². The number of rotatable bonds is 7. The maximum absolute atomic E-state index is 11.8. The third-order valence-corrected chi connectivity index (χ3v) is 7.86. The summed E-state index contributed by atoms with van der Waals surface area (Å²) < 4.78 is 34.2. The highest BCUT2D eigenvalue weighted by Gasteiger charge is 2.33. The Morgan fingerprint density at radius 2 is 1.86 bits per heavy atom. The molecule has 1 unspecified atom stereocenters. The quantitative estimate of drug-likeness (QED) is 0.441. The Hall–Kier alpha value is -3.10. The lowest BCUT2D eigenvalue weighted by molar-refractivity contribution is 0.122. The minimum absolute atomic E-state index is 0.154. The van der Waals surface area contributed by atoms with Gasteiger partial charge >= 0.3 is 0 Å².